The van der Waals surface area contributed by atoms with Crippen LogP contribution in [-0.4, -0.2) is 50.9 Å². The maximum atomic E-state index is 9.32. The molecule has 74 valence electrons. The van der Waals surface area contributed by atoms with Gasteiger partial charge in [0.05, 0.1) is 12.7 Å². The van der Waals surface area contributed by atoms with E-state index in [4.69, 9.17) is 4.74 Å². The molecule has 0 radical (unpaired) electrons. The van der Waals surface area contributed by atoms with Crippen molar-refractivity contribution in [3.8, 4) is 0 Å². The monoisotopic (exact) mass is 204 g/mol. The zero-order chi connectivity index (χ0) is 9.68. The van der Waals surface area contributed by atoms with Crippen LogP contribution in [0.2, 0.25) is 0 Å². The van der Waals surface area contributed by atoms with E-state index in [1.165, 1.54) is 11.8 Å². The first-order valence-corrected chi connectivity index (χ1v) is 4.74. The average molecular weight is 204 g/mol. The van der Waals surface area contributed by atoms with Gasteiger partial charge in [-0.15, -0.1) is 5.10 Å². The summed E-state index contributed by atoms with van der Waals surface area (Å²) in [6.07, 6.45) is -0.480. The molecule has 6 nitrogen and oxygen atoms in total. The number of rotatable bonds is 5. The second-order valence-corrected chi connectivity index (χ2v) is 3.49. The second kappa shape index (κ2) is 5.15. The Morgan fingerprint density at radius 2 is 2.46 bits per heavy atom. The number of aromatic nitrogens is 4. The van der Waals surface area contributed by atoms with Crippen LogP contribution in [0.1, 0.15) is 0 Å². The van der Waals surface area contributed by atoms with Crippen LogP contribution in [0.3, 0.4) is 0 Å². The summed E-state index contributed by atoms with van der Waals surface area (Å²) in [5.41, 5.74) is 0. The van der Waals surface area contributed by atoms with Crippen LogP contribution >= 0.6 is 11.8 Å². The summed E-state index contributed by atoms with van der Waals surface area (Å²) in [6.45, 7) is 0.332. The minimum Gasteiger partial charge on any atom is -0.390 e. The molecule has 0 aliphatic rings. The normalized spacial score (nSPS) is 13.2. The van der Waals surface area contributed by atoms with Gasteiger partial charge in [0, 0.05) is 19.9 Å². The number of nitrogens with zero attached hydrogens (tertiary/aromatic N) is 4. The number of aliphatic hydroxyl groups is 1. The fourth-order valence-corrected chi connectivity index (χ4v) is 1.51. The Kier molecular flexibility index (Phi) is 4.13. The molecular weight excluding hydrogens is 192 g/mol. The Hall–Kier alpha value is -0.660. The van der Waals surface area contributed by atoms with Crippen LogP contribution < -0.4 is 0 Å². The number of aryl methyl sites for hydroxylation is 1. The summed E-state index contributed by atoms with van der Waals surface area (Å²) in [5, 5.41) is 20.9. The van der Waals surface area contributed by atoms with E-state index in [2.05, 4.69) is 15.5 Å². The van der Waals surface area contributed by atoms with Gasteiger partial charge in [0.25, 0.3) is 0 Å². The molecule has 0 saturated heterocycles. The van der Waals surface area contributed by atoms with Gasteiger partial charge < -0.3 is 9.84 Å². The molecule has 1 N–H and O–H groups in total. The van der Waals surface area contributed by atoms with Crippen molar-refractivity contribution >= 4 is 11.8 Å². The lowest BCUT2D eigenvalue weighted by atomic mass is 10.4. The van der Waals surface area contributed by atoms with Crippen LogP contribution in [0.25, 0.3) is 0 Å². The van der Waals surface area contributed by atoms with Gasteiger partial charge in [-0.3, -0.25) is 0 Å². The molecule has 1 heterocycles. The number of hydrogen-bond donors (Lipinski definition) is 1. The number of ether oxygens (including phenoxy) is 1. The summed E-state index contributed by atoms with van der Waals surface area (Å²) >= 11 is 1.40. The lowest BCUT2D eigenvalue weighted by Crippen LogP contribution is -2.16. The molecule has 0 spiro atoms. The summed E-state index contributed by atoms with van der Waals surface area (Å²) < 4.78 is 6.34. The molecule has 1 aromatic heterocycles. The molecular formula is C6H12N4O2S. The van der Waals surface area contributed by atoms with Gasteiger partial charge in [0.1, 0.15) is 0 Å². The molecule has 7 heteroatoms. The van der Waals surface area contributed by atoms with E-state index in [-0.39, 0.29) is 0 Å². The second-order valence-electron chi connectivity index (χ2n) is 2.51. The van der Waals surface area contributed by atoms with Gasteiger partial charge in [-0.05, 0) is 10.4 Å². The predicted molar refractivity (Wildman–Crippen MR) is 47.4 cm³/mol. The van der Waals surface area contributed by atoms with Crippen LogP contribution in [-0.2, 0) is 11.8 Å². The van der Waals surface area contributed by atoms with E-state index in [0.717, 1.165) is 0 Å². The van der Waals surface area contributed by atoms with E-state index in [0.29, 0.717) is 17.5 Å². The number of thioether (sulfide) groups is 1. The summed E-state index contributed by atoms with van der Waals surface area (Å²) in [4.78, 5) is 0. The Labute approximate surface area is 80.3 Å². The molecule has 1 rings (SSSR count). The molecule has 0 fully saturated rings. The van der Waals surface area contributed by atoms with Crippen LogP contribution in [0.4, 0.5) is 0 Å². The van der Waals surface area contributed by atoms with Crippen molar-refractivity contribution in [2.24, 2.45) is 7.05 Å². The van der Waals surface area contributed by atoms with Crippen molar-refractivity contribution < 1.29 is 9.84 Å². The summed E-state index contributed by atoms with van der Waals surface area (Å²) in [7, 11) is 3.31. The zero-order valence-electron chi connectivity index (χ0n) is 7.54. The molecule has 1 unspecified atom stereocenters. The highest BCUT2D eigenvalue weighted by Crippen LogP contribution is 2.13. The average Bonchev–Trinajstić information content (AvgIpc) is 2.48. The van der Waals surface area contributed by atoms with E-state index in [1.54, 1.807) is 18.8 Å². The highest BCUT2D eigenvalue weighted by atomic mass is 32.2. The standard InChI is InChI=1S/C6H12N4O2S/c1-10-6(7-8-9-10)13-4-5(11)3-12-2/h5,11H,3-4H2,1-2H3. The first-order valence-electron chi connectivity index (χ1n) is 3.76. The molecule has 0 amide bonds. The third kappa shape index (κ3) is 3.29. The van der Waals surface area contributed by atoms with E-state index in [1.807, 2.05) is 0 Å². The highest BCUT2D eigenvalue weighted by Gasteiger charge is 2.07. The SMILES string of the molecule is COCC(O)CSc1nnnn1C. The van der Waals surface area contributed by atoms with E-state index >= 15 is 0 Å². The maximum Gasteiger partial charge on any atom is 0.209 e. The summed E-state index contributed by atoms with van der Waals surface area (Å²) in [6, 6.07) is 0. The molecule has 0 aliphatic carbocycles. The molecule has 1 aromatic rings. The van der Waals surface area contributed by atoms with Gasteiger partial charge >= 0.3 is 0 Å². The maximum absolute atomic E-state index is 9.32. The lowest BCUT2D eigenvalue weighted by Gasteiger charge is -2.06. The third-order valence-corrected chi connectivity index (χ3v) is 2.50. The minimum absolute atomic E-state index is 0.332. The van der Waals surface area contributed by atoms with Crippen molar-refractivity contribution in [3.05, 3.63) is 0 Å². The number of aliphatic hydroxyl groups excluding tert-OH is 1. The first-order chi connectivity index (χ1) is 6.24. The Morgan fingerprint density at radius 1 is 1.69 bits per heavy atom. The van der Waals surface area contributed by atoms with Gasteiger partial charge in [-0.2, -0.15) is 0 Å². The van der Waals surface area contributed by atoms with Crippen LogP contribution in [0.15, 0.2) is 5.16 Å². The van der Waals surface area contributed by atoms with Crippen molar-refractivity contribution in [2.75, 3.05) is 19.5 Å². The first kappa shape index (κ1) is 10.4. The highest BCUT2D eigenvalue weighted by molar-refractivity contribution is 7.99. The number of tetrazole rings is 1. The molecule has 0 saturated carbocycles. The van der Waals surface area contributed by atoms with E-state index in [9.17, 15) is 5.11 Å². The fourth-order valence-electron chi connectivity index (χ4n) is 0.755. The molecule has 13 heavy (non-hydrogen) atoms. The Morgan fingerprint density at radius 3 is 3.00 bits per heavy atom. The molecule has 1 atom stereocenters. The minimum atomic E-state index is -0.480. The van der Waals surface area contributed by atoms with E-state index < -0.39 is 6.10 Å². The fraction of sp³-hybridized carbons (Fsp3) is 0.833. The number of hydrogen-bond acceptors (Lipinski definition) is 6. The summed E-state index contributed by atoms with van der Waals surface area (Å²) in [5.74, 6) is 0.530. The van der Waals surface area contributed by atoms with Crippen molar-refractivity contribution in [1.29, 1.82) is 0 Å². The number of methoxy groups -OCH3 is 1. The topological polar surface area (TPSA) is 73.1 Å². The van der Waals surface area contributed by atoms with Gasteiger partial charge in [-0.25, -0.2) is 4.68 Å². The van der Waals surface area contributed by atoms with Gasteiger partial charge in [0.15, 0.2) is 0 Å². The molecule has 0 aromatic carbocycles. The van der Waals surface area contributed by atoms with Crippen LogP contribution in [0.5, 0.6) is 0 Å². The van der Waals surface area contributed by atoms with Crippen molar-refractivity contribution in [3.63, 3.8) is 0 Å². The largest absolute Gasteiger partial charge is 0.390 e. The zero-order valence-corrected chi connectivity index (χ0v) is 8.36. The Bertz CT molecular complexity index is 255. The lowest BCUT2D eigenvalue weighted by molar-refractivity contribution is 0.0793. The van der Waals surface area contributed by atoms with Crippen LogP contribution in [0, 0.1) is 0 Å². The quantitative estimate of drug-likeness (QED) is 0.640. The van der Waals surface area contributed by atoms with Gasteiger partial charge in [0.2, 0.25) is 5.16 Å². The predicted octanol–water partition coefficient (Wildman–Crippen LogP) is -0.691. The molecule has 0 bridgehead atoms. The van der Waals surface area contributed by atoms with Crippen molar-refractivity contribution in [2.45, 2.75) is 11.3 Å². The third-order valence-electron chi connectivity index (χ3n) is 1.35. The molecule has 0 aliphatic heterocycles. The van der Waals surface area contributed by atoms with Crippen molar-refractivity contribution in [1.82, 2.24) is 20.2 Å². The smallest absolute Gasteiger partial charge is 0.209 e. The van der Waals surface area contributed by atoms with Gasteiger partial charge in [-0.1, -0.05) is 11.8 Å². The Balaban J connectivity index is 2.30.